The third-order valence-corrected chi connectivity index (χ3v) is 5.94. The van der Waals surface area contributed by atoms with E-state index in [0.717, 1.165) is 25.8 Å². The summed E-state index contributed by atoms with van der Waals surface area (Å²) in [4.78, 5) is 39.9. The van der Waals surface area contributed by atoms with E-state index >= 15 is 0 Å². The molecule has 0 spiro atoms. The molecule has 1 aromatic heterocycles. The Hall–Kier alpha value is -3.42. The average Bonchev–Trinajstić information content (AvgIpc) is 3.29. The van der Waals surface area contributed by atoms with Crippen LogP contribution in [0.4, 0.5) is 10.5 Å². The fourth-order valence-electron chi connectivity index (χ4n) is 3.12. The van der Waals surface area contributed by atoms with Gasteiger partial charge in [0.05, 0.1) is 0 Å². The van der Waals surface area contributed by atoms with Crippen LogP contribution in [0.1, 0.15) is 10.4 Å². The summed E-state index contributed by atoms with van der Waals surface area (Å²) in [6.45, 7) is 1.55. The van der Waals surface area contributed by atoms with Gasteiger partial charge in [-0.1, -0.05) is 35.9 Å². The van der Waals surface area contributed by atoms with Crippen molar-refractivity contribution >= 4 is 52.5 Å². The second-order valence-electron chi connectivity index (χ2n) is 7.01. The highest BCUT2D eigenvalue weighted by molar-refractivity contribution is 7.16. The number of amides is 4. The van der Waals surface area contributed by atoms with Crippen molar-refractivity contribution in [1.82, 2.24) is 10.2 Å². The number of rotatable bonds is 5. The molecule has 0 atom stereocenters. The topological polar surface area (TPSA) is 78.5 Å². The fourth-order valence-corrected chi connectivity index (χ4v) is 4.21. The highest BCUT2D eigenvalue weighted by Gasteiger charge is 2.35. The molecule has 4 rings (SSSR count). The van der Waals surface area contributed by atoms with Crippen molar-refractivity contribution in [2.45, 2.75) is 6.92 Å². The van der Waals surface area contributed by atoms with Crippen LogP contribution in [0, 0.1) is 6.92 Å². The first kappa shape index (κ1) is 20.8. The predicted octanol–water partition coefficient (Wildman–Crippen LogP) is 4.91. The third-order valence-electron chi connectivity index (χ3n) is 4.61. The van der Waals surface area contributed by atoms with E-state index in [1.807, 2.05) is 61.5 Å². The van der Waals surface area contributed by atoms with E-state index in [4.69, 9.17) is 11.6 Å². The number of benzene rings is 2. The number of carbonyl (C=O) groups excluding carboxylic acids is 3. The van der Waals surface area contributed by atoms with E-state index in [-0.39, 0.29) is 12.2 Å². The first-order valence-corrected chi connectivity index (χ1v) is 10.7. The van der Waals surface area contributed by atoms with Crippen LogP contribution in [0.2, 0.25) is 5.02 Å². The van der Waals surface area contributed by atoms with Crippen molar-refractivity contribution in [1.29, 1.82) is 0 Å². The van der Waals surface area contributed by atoms with Gasteiger partial charge in [0.2, 0.25) is 5.91 Å². The zero-order valence-corrected chi connectivity index (χ0v) is 18.1. The average molecular weight is 452 g/mol. The molecule has 1 aliphatic heterocycles. The SMILES string of the molecule is Cc1cccc(NC(=O)CN2C(=O)N/C(=C\c3ccc(-c4ccc(Cl)cc4)s3)C2=O)c1. The van der Waals surface area contributed by atoms with E-state index in [2.05, 4.69) is 10.6 Å². The van der Waals surface area contributed by atoms with Gasteiger partial charge >= 0.3 is 6.03 Å². The number of thiophene rings is 1. The van der Waals surface area contributed by atoms with Crippen molar-refractivity contribution in [2.75, 3.05) is 11.9 Å². The van der Waals surface area contributed by atoms with Crippen LogP contribution >= 0.6 is 22.9 Å². The Bertz CT molecular complexity index is 1200. The molecule has 0 aliphatic carbocycles. The number of urea groups is 1. The molecule has 8 heteroatoms. The molecule has 0 saturated carbocycles. The van der Waals surface area contributed by atoms with E-state index in [9.17, 15) is 14.4 Å². The smallest absolute Gasteiger partial charge is 0.325 e. The number of imide groups is 1. The molecule has 156 valence electrons. The second-order valence-corrected chi connectivity index (χ2v) is 8.56. The van der Waals surface area contributed by atoms with Crippen LogP contribution in [0.3, 0.4) is 0 Å². The molecule has 3 aromatic rings. The lowest BCUT2D eigenvalue weighted by Crippen LogP contribution is -2.38. The second kappa shape index (κ2) is 8.75. The summed E-state index contributed by atoms with van der Waals surface area (Å²) in [6, 6.07) is 17.9. The summed E-state index contributed by atoms with van der Waals surface area (Å²) >= 11 is 7.41. The molecule has 31 heavy (non-hydrogen) atoms. The number of carbonyl (C=O) groups is 3. The van der Waals surface area contributed by atoms with Gasteiger partial charge in [0.15, 0.2) is 0 Å². The fraction of sp³-hybridized carbons (Fsp3) is 0.0870. The number of anilines is 1. The van der Waals surface area contributed by atoms with Crippen LogP contribution < -0.4 is 10.6 Å². The molecule has 6 nitrogen and oxygen atoms in total. The van der Waals surface area contributed by atoms with Crippen LogP contribution in [0.25, 0.3) is 16.5 Å². The molecule has 2 N–H and O–H groups in total. The molecule has 0 radical (unpaired) electrons. The summed E-state index contributed by atoms with van der Waals surface area (Å²) in [5, 5.41) is 5.91. The maximum atomic E-state index is 12.7. The maximum Gasteiger partial charge on any atom is 0.329 e. The van der Waals surface area contributed by atoms with E-state index < -0.39 is 17.8 Å². The highest BCUT2D eigenvalue weighted by Crippen LogP contribution is 2.30. The van der Waals surface area contributed by atoms with Crippen molar-refractivity contribution < 1.29 is 14.4 Å². The summed E-state index contributed by atoms with van der Waals surface area (Å²) in [6.07, 6.45) is 1.61. The molecule has 2 aromatic carbocycles. The first-order chi connectivity index (χ1) is 14.9. The Morgan fingerprint density at radius 1 is 1.13 bits per heavy atom. The van der Waals surface area contributed by atoms with Gasteiger partial charge in [0.25, 0.3) is 5.91 Å². The van der Waals surface area contributed by atoms with E-state index in [1.165, 1.54) is 11.3 Å². The van der Waals surface area contributed by atoms with Crippen molar-refractivity contribution in [3.05, 3.63) is 81.8 Å². The lowest BCUT2D eigenvalue weighted by Gasteiger charge is -2.12. The maximum absolute atomic E-state index is 12.7. The minimum absolute atomic E-state index is 0.137. The molecule has 0 unspecified atom stereocenters. The molecule has 4 amide bonds. The number of halogens is 1. The largest absolute Gasteiger partial charge is 0.329 e. The summed E-state index contributed by atoms with van der Waals surface area (Å²) < 4.78 is 0. The van der Waals surface area contributed by atoms with Crippen molar-refractivity contribution in [3.8, 4) is 10.4 Å². The van der Waals surface area contributed by atoms with Gasteiger partial charge < -0.3 is 10.6 Å². The number of nitrogens with one attached hydrogen (secondary N) is 2. The van der Waals surface area contributed by atoms with Crippen molar-refractivity contribution in [3.63, 3.8) is 0 Å². The Kier molecular flexibility index (Phi) is 5.88. The summed E-state index contributed by atoms with van der Waals surface area (Å²) in [5.74, 6) is -0.984. The monoisotopic (exact) mass is 451 g/mol. The van der Waals surface area contributed by atoms with Crippen LogP contribution in [-0.4, -0.2) is 29.3 Å². The minimum Gasteiger partial charge on any atom is -0.325 e. The van der Waals surface area contributed by atoms with Gasteiger partial charge in [-0.3, -0.25) is 9.59 Å². The van der Waals surface area contributed by atoms with Gasteiger partial charge in [0, 0.05) is 20.5 Å². The summed E-state index contributed by atoms with van der Waals surface area (Å²) in [7, 11) is 0. The van der Waals surface area contributed by atoms with Gasteiger partial charge in [-0.15, -0.1) is 11.3 Å². The third kappa shape index (κ3) is 4.84. The molecule has 2 heterocycles. The number of hydrogen-bond donors (Lipinski definition) is 2. The van der Waals surface area contributed by atoms with Crippen LogP contribution in [0.15, 0.2) is 66.4 Å². The Balaban J connectivity index is 1.45. The number of nitrogens with zero attached hydrogens (tertiary/aromatic N) is 1. The first-order valence-electron chi connectivity index (χ1n) is 9.46. The molecule has 1 aliphatic rings. The molecular weight excluding hydrogens is 434 g/mol. The number of aryl methyl sites for hydroxylation is 1. The summed E-state index contributed by atoms with van der Waals surface area (Å²) in [5.41, 5.74) is 2.75. The van der Waals surface area contributed by atoms with Crippen molar-refractivity contribution in [2.24, 2.45) is 0 Å². The molecule has 0 bridgehead atoms. The quantitative estimate of drug-likeness (QED) is 0.427. The predicted molar refractivity (Wildman–Crippen MR) is 123 cm³/mol. The molecule has 1 saturated heterocycles. The Morgan fingerprint density at radius 2 is 1.90 bits per heavy atom. The van der Waals surface area contributed by atoms with E-state index in [1.54, 1.807) is 12.1 Å². The van der Waals surface area contributed by atoms with Gasteiger partial charge in [-0.05, 0) is 60.5 Å². The lowest BCUT2D eigenvalue weighted by molar-refractivity contribution is -0.127. The van der Waals surface area contributed by atoms with Gasteiger partial charge in [0.1, 0.15) is 12.2 Å². The van der Waals surface area contributed by atoms with Gasteiger partial charge in [-0.2, -0.15) is 0 Å². The Labute approximate surface area is 188 Å². The number of hydrogen-bond acceptors (Lipinski definition) is 4. The normalized spacial score (nSPS) is 14.8. The van der Waals surface area contributed by atoms with E-state index in [0.29, 0.717) is 10.7 Å². The highest BCUT2D eigenvalue weighted by atomic mass is 35.5. The molecule has 1 fully saturated rings. The van der Waals surface area contributed by atoms with Crippen LogP contribution in [-0.2, 0) is 9.59 Å². The zero-order chi connectivity index (χ0) is 22.0. The standard InChI is InChI=1S/C23H18ClN3O3S/c1-14-3-2-4-17(11-14)25-21(28)13-27-22(29)19(26-23(27)30)12-18-9-10-20(31-18)15-5-7-16(24)8-6-15/h2-12H,13H2,1H3,(H,25,28)(H,26,30)/b19-12-. The zero-order valence-electron chi connectivity index (χ0n) is 16.5. The lowest BCUT2D eigenvalue weighted by atomic mass is 10.2. The van der Waals surface area contributed by atoms with Gasteiger partial charge in [-0.25, -0.2) is 9.69 Å². The minimum atomic E-state index is -0.620. The Morgan fingerprint density at radius 3 is 2.65 bits per heavy atom. The van der Waals surface area contributed by atoms with Crippen LogP contribution in [0.5, 0.6) is 0 Å². The molecular formula is C23H18ClN3O3S.